The minimum Gasteiger partial charge on any atom is -0.267 e. The summed E-state index contributed by atoms with van der Waals surface area (Å²) in [5, 5.41) is 10.6. The van der Waals surface area contributed by atoms with Gasteiger partial charge < -0.3 is 0 Å². The van der Waals surface area contributed by atoms with Crippen LogP contribution in [0.15, 0.2) is 60.7 Å². The van der Waals surface area contributed by atoms with E-state index in [9.17, 15) is 4.79 Å². The van der Waals surface area contributed by atoms with Gasteiger partial charge in [0, 0.05) is 10.6 Å². The first-order valence-corrected chi connectivity index (χ1v) is 7.15. The predicted octanol–water partition coefficient (Wildman–Crippen LogP) is 3.93. The lowest BCUT2D eigenvalue weighted by Crippen LogP contribution is -2.13. The third-order valence-electron chi connectivity index (χ3n) is 3.60. The standard InChI is InChI=1S/C17H10ClN3O/c18-14-7-8-16-15(10-14)19-20-21(16)17(22)13-6-5-11-3-1-2-4-12(11)9-13/h1-10H. The zero-order chi connectivity index (χ0) is 15.1. The van der Waals surface area contributed by atoms with E-state index in [0.29, 0.717) is 21.6 Å². The number of carbonyl (C=O) groups excluding carboxylic acids is 1. The van der Waals surface area contributed by atoms with Gasteiger partial charge in [0.15, 0.2) is 0 Å². The maximum atomic E-state index is 12.7. The fraction of sp³-hybridized carbons (Fsp3) is 0. The molecule has 0 aliphatic carbocycles. The molecule has 4 aromatic rings. The van der Waals surface area contributed by atoms with Gasteiger partial charge in [-0.1, -0.05) is 47.1 Å². The Labute approximate surface area is 130 Å². The van der Waals surface area contributed by atoms with Gasteiger partial charge in [-0.2, -0.15) is 4.68 Å². The molecule has 0 unspecified atom stereocenters. The van der Waals surface area contributed by atoms with Crippen molar-refractivity contribution in [3.8, 4) is 0 Å². The molecule has 0 aliphatic heterocycles. The Hall–Kier alpha value is -2.72. The Morgan fingerprint density at radius 3 is 2.64 bits per heavy atom. The first-order valence-electron chi connectivity index (χ1n) is 6.77. The Morgan fingerprint density at radius 1 is 0.955 bits per heavy atom. The Balaban J connectivity index is 1.84. The largest absolute Gasteiger partial charge is 0.280 e. The lowest BCUT2D eigenvalue weighted by atomic mass is 10.1. The topological polar surface area (TPSA) is 47.8 Å². The van der Waals surface area contributed by atoms with Crippen molar-refractivity contribution in [2.75, 3.05) is 0 Å². The third kappa shape index (κ3) is 2.05. The summed E-state index contributed by atoms with van der Waals surface area (Å²) in [4.78, 5) is 12.7. The van der Waals surface area contributed by atoms with Crippen LogP contribution in [0.4, 0.5) is 0 Å². The van der Waals surface area contributed by atoms with Crippen molar-refractivity contribution in [1.82, 2.24) is 15.0 Å². The number of hydrogen-bond donors (Lipinski definition) is 0. The SMILES string of the molecule is O=C(c1ccc2ccccc2c1)n1nnc2cc(Cl)ccc21. The summed E-state index contributed by atoms with van der Waals surface area (Å²) < 4.78 is 1.30. The van der Waals surface area contributed by atoms with Crippen molar-refractivity contribution in [3.63, 3.8) is 0 Å². The first kappa shape index (κ1) is 13.0. The zero-order valence-electron chi connectivity index (χ0n) is 11.4. The molecule has 4 nitrogen and oxygen atoms in total. The second-order valence-electron chi connectivity index (χ2n) is 5.00. The Kier molecular flexibility index (Phi) is 2.91. The van der Waals surface area contributed by atoms with Crippen LogP contribution in [0.3, 0.4) is 0 Å². The monoisotopic (exact) mass is 307 g/mol. The summed E-state index contributed by atoms with van der Waals surface area (Å²) in [6, 6.07) is 18.7. The van der Waals surface area contributed by atoms with Gasteiger partial charge in [0.2, 0.25) is 0 Å². The van der Waals surface area contributed by atoms with Crippen LogP contribution in [-0.2, 0) is 0 Å². The molecule has 0 atom stereocenters. The fourth-order valence-corrected chi connectivity index (χ4v) is 2.66. The number of halogens is 1. The van der Waals surface area contributed by atoms with Crippen LogP contribution >= 0.6 is 11.6 Å². The van der Waals surface area contributed by atoms with Gasteiger partial charge in [0.1, 0.15) is 5.52 Å². The molecule has 3 aromatic carbocycles. The van der Waals surface area contributed by atoms with E-state index < -0.39 is 0 Å². The van der Waals surface area contributed by atoms with Crippen LogP contribution in [-0.4, -0.2) is 20.9 Å². The highest BCUT2D eigenvalue weighted by molar-refractivity contribution is 6.31. The van der Waals surface area contributed by atoms with E-state index in [1.165, 1.54) is 4.68 Å². The lowest BCUT2D eigenvalue weighted by molar-refractivity contribution is 0.0948. The molecule has 4 rings (SSSR count). The quantitative estimate of drug-likeness (QED) is 0.535. The van der Waals surface area contributed by atoms with Gasteiger partial charge in [-0.25, -0.2) is 0 Å². The molecule has 0 radical (unpaired) electrons. The van der Waals surface area contributed by atoms with Gasteiger partial charge >= 0.3 is 0 Å². The van der Waals surface area contributed by atoms with E-state index in [0.717, 1.165) is 10.8 Å². The van der Waals surface area contributed by atoms with E-state index in [2.05, 4.69) is 10.3 Å². The number of carbonyl (C=O) groups is 1. The smallest absolute Gasteiger partial charge is 0.267 e. The highest BCUT2D eigenvalue weighted by Gasteiger charge is 2.14. The molecule has 0 aliphatic rings. The summed E-state index contributed by atoms with van der Waals surface area (Å²) in [5.74, 6) is -0.212. The third-order valence-corrected chi connectivity index (χ3v) is 3.83. The van der Waals surface area contributed by atoms with Crippen LogP contribution in [0.5, 0.6) is 0 Å². The minimum atomic E-state index is -0.212. The number of benzene rings is 3. The van der Waals surface area contributed by atoms with Crippen LogP contribution in [0, 0.1) is 0 Å². The Bertz CT molecular complexity index is 1020. The fourth-order valence-electron chi connectivity index (χ4n) is 2.49. The van der Waals surface area contributed by atoms with Crippen molar-refractivity contribution >= 4 is 39.3 Å². The molecule has 0 saturated heterocycles. The first-order chi connectivity index (χ1) is 10.7. The molecule has 0 amide bonds. The minimum absolute atomic E-state index is 0.212. The highest BCUT2D eigenvalue weighted by atomic mass is 35.5. The maximum Gasteiger partial charge on any atom is 0.280 e. The average molecular weight is 308 g/mol. The average Bonchev–Trinajstić information content (AvgIpc) is 2.96. The highest BCUT2D eigenvalue weighted by Crippen LogP contribution is 2.20. The summed E-state index contributed by atoms with van der Waals surface area (Å²) in [5.41, 5.74) is 1.81. The van der Waals surface area contributed by atoms with Crippen LogP contribution < -0.4 is 0 Å². The second kappa shape index (κ2) is 4.93. The van der Waals surface area contributed by atoms with E-state index in [-0.39, 0.29) is 5.91 Å². The van der Waals surface area contributed by atoms with Crippen LogP contribution in [0.2, 0.25) is 5.02 Å². The number of fused-ring (bicyclic) bond motifs is 2. The van der Waals surface area contributed by atoms with Crippen molar-refractivity contribution in [2.24, 2.45) is 0 Å². The van der Waals surface area contributed by atoms with E-state index in [1.807, 2.05) is 36.4 Å². The van der Waals surface area contributed by atoms with Gasteiger partial charge in [-0.05, 0) is 41.1 Å². The molecule has 1 aromatic heterocycles. The molecular weight excluding hydrogens is 298 g/mol. The van der Waals surface area contributed by atoms with Gasteiger partial charge in [-0.15, -0.1) is 5.10 Å². The van der Waals surface area contributed by atoms with Crippen molar-refractivity contribution in [2.45, 2.75) is 0 Å². The lowest BCUT2D eigenvalue weighted by Gasteiger charge is -2.03. The summed E-state index contributed by atoms with van der Waals surface area (Å²) in [7, 11) is 0. The van der Waals surface area contributed by atoms with Gasteiger partial charge in [0.25, 0.3) is 5.91 Å². The van der Waals surface area contributed by atoms with E-state index in [1.54, 1.807) is 24.3 Å². The molecule has 0 bridgehead atoms. The van der Waals surface area contributed by atoms with Crippen molar-refractivity contribution in [3.05, 3.63) is 71.2 Å². The van der Waals surface area contributed by atoms with Crippen LogP contribution in [0.25, 0.3) is 21.8 Å². The van der Waals surface area contributed by atoms with Crippen LogP contribution in [0.1, 0.15) is 10.4 Å². The predicted molar refractivity (Wildman–Crippen MR) is 86.2 cm³/mol. The molecule has 0 N–H and O–H groups in total. The zero-order valence-corrected chi connectivity index (χ0v) is 12.2. The molecule has 0 spiro atoms. The second-order valence-corrected chi connectivity index (χ2v) is 5.44. The number of aromatic nitrogens is 3. The Morgan fingerprint density at radius 2 is 1.77 bits per heavy atom. The normalized spacial score (nSPS) is 11.1. The molecule has 5 heteroatoms. The molecular formula is C17H10ClN3O. The molecule has 1 heterocycles. The molecule has 106 valence electrons. The number of nitrogens with zero attached hydrogens (tertiary/aromatic N) is 3. The van der Waals surface area contributed by atoms with E-state index in [4.69, 9.17) is 11.6 Å². The summed E-state index contributed by atoms with van der Waals surface area (Å²) in [6.45, 7) is 0. The maximum absolute atomic E-state index is 12.7. The van der Waals surface area contributed by atoms with Gasteiger partial charge in [-0.3, -0.25) is 4.79 Å². The molecule has 0 fully saturated rings. The van der Waals surface area contributed by atoms with E-state index >= 15 is 0 Å². The van der Waals surface area contributed by atoms with Gasteiger partial charge in [0.05, 0.1) is 5.52 Å². The summed E-state index contributed by atoms with van der Waals surface area (Å²) >= 11 is 5.93. The number of hydrogen-bond acceptors (Lipinski definition) is 3. The van der Waals surface area contributed by atoms with Crippen molar-refractivity contribution < 1.29 is 4.79 Å². The molecule has 0 saturated carbocycles. The number of rotatable bonds is 1. The summed E-state index contributed by atoms with van der Waals surface area (Å²) in [6.07, 6.45) is 0. The molecule has 22 heavy (non-hydrogen) atoms. The van der Waals surface area contributed by atoms with Crippen molar-refractivity contribution in [1.29, 1.82) is 0 Å².